The van der Waals surface area contributed by atoms with Gasteiger partial charge in [-0.15, -0.1) is 0 Å². The van der Waals surface area contributed by atoms with Crippen LogP contribution in [0.1, 0.15) is 232 Å². The number of unbranched alkanes of at least 4 members (excludes halogenated alkanes) is 28. The van der Waals surface area contributed by atoms with Crippen molar-refractivity contribution in [2.75, 3.05) is 27.2 Å². The maximum absolute atomic E-state index is 13.0. The van der Waals surface area contributed by atoms with Crippen molar-refractivity contribution in [3.8, 4) is 0 Å². The summed E-state index contributed by atoms with van der Waals surface area (Å²) in [6.07, 6.45) is 34.1. The minimum Gasteiger partial charge on any atom is -0.463 e. The molecule has 4 atom stereocenters. The number of hydrogen-bond donors (Lipinski definition) is 1. The Kier molecular flexibility index (Phi) is 35.1. The van der Waals surface area contributed by atoms with Gasteiger partial charge >= 0.3 is 17.9 Å². The normalized spacial score (nSPS) is 18.1. The highest BCUT2D eigenvalue weighted by atomic mass is 16.7. The van der Waals surface area contributed by atoms with E-state index in [0.717, 1.165) is 32.2 Å². The van der Waals surface area contributed by atoms with Gasteiger partial charge in [-0.05, 0) is 39.9 Å². The van der Waals surface area contributed by atoms with Crippen LogP contribution >= 0.6 is 0 Å². The van der Waals surface area contributed by atoms with Gasteiger partial charge in [0.1, 0.15) is 12.7 Å². The fraction of sp³-hybridized carbons (Fsp3) is 0.936. The molecule has 1 unspecified atom stereocenters. The summed E-state index contributed by atoms with van der Waals surface area (Å²) < 4.78 is 22.6. The number of nitrogens with zero attached hydrogens (tertiary/aromatic N) is 1. The lowest BCUT2D eigenvalue weighted by molar-refractivity contribution is -0.177. The van der Waals surface area contributed by atoms with Crippen LogP contribution in [0.2, 0.25) is 0 Å². The third-order valence-electron chi connectivity index (χ3n) is 11.2. The summed E-state index contributed by atoms with van der Waals surface area (Å²) in [7, 11) is 3.89. The van der Waals surface area contributed by atoms with Crippen LogP contribution in [0.5, 0.6) is 0 Å². The molecule has 0 spiro atoms. The lowest BCUT2D eigenvalue weighted by Crippen LogP contribution is -2.42. The molecule has 56 heavy (non-hydrogen) atoms. The maximum Gasteiger partial charge on any atom is 0.306 e. The van der Waals surface area contributed by atoms with Gasteiger partial charge in [0.15, 0.2) is 18.5 Å². The average molecular weight is 796 g/mol. The summed E-state index contributed by atoms with van der Waals surface area (Å²) in [5, 5.41) is 10.7. The molecule has 1 aliphatic heterocycles. The molecule has 0 saturated carbocycles. The smallest absolute Gasteiger partial charge is 0.306 e. The molecule has 1 N–H and O–H groups in total. The topological polar surface area (TPSA) is 112 Å². The van der Waals surface area contributed by atoms with Crippen LogP contribution < -0.4 is 0 Å². The van der Waals surface area contributed by atoms with Crippen molar-refractivity contribution in [3.63, 3.8) is 0 Å². The SMILES string of the molecule is CCCCCCCCCCCCCCCCCC(=O)OC1[C@H](O)O[C@H](COC(=O)CCCN(C)C)[C@@H]1OC(=O)CCCCCCCCCCCCCCCCC. The summed E-state index contributed by atoms with van der Waals surface area (Å²) in [4.78, 5) is 40.2. The number of hydrogen-bond acceptors (Lipinski definition) is 9. The molecule has 0 aliphatic carbocycles. The number of aliphatic hydroxyl groups excluding tert-OH is 1. The quantitative estimate of drug-likeness (QED) is 0.0368. The minimum atomic E-state index is -1.47. The van der Waals surface area contributed by atoms with Crippen LogP contribution in [-0.2, 0) is 33.3 Å². The number of rotatable bonds is 40. The van der Waals surface area contributed by atoms with E-state index >= 15 is 0 Å². The Morgan fingerprint density at radius 1 is 0.464 bits per heavy atom. The number of carbonyl (C=O) groups is 3. The van der Waals surface area contributed by atoms with Crippen molar-refractivity contribution >= 4 is 17.9 Å². The summed E-state index contributed by atoms with van der Waals surface area (Å²) in [5.74, 6) is -1.26. The van der Waals surface area contributed by atoms with Gasteiger partial charge in [0.25, 0.3) is 0 Å². The second kappa shape index (κ2) is 37.6. The Morgan fingerprint density at radius 3 is 1.14 bits per heavy atom. The van der Waals surface area contributed by atoms with Crippen molar-refractivity contribution in [1.29, 1.82) is 0 Å². The summed E-state index contributed by atoms with van der Waals surface area (Å²) in [5.41, 5.74) is 0. The largest absolute Gasteiger partial charge is 0.463 e. The standard InChI is InChI=1S/C47H89NO8/c1-5-7-9-11-13-15-17-19-21-23-25-27-29-31-33-36-43(50)55-45-41(40-53-42(49)38-35-39-48(3)4)54-47(52)46(45)56-44(51)37-34-32-30-28-26-24-22-20-18-16-14-12-10-8-6-2/h41,45-47,52H,5-40H2,1-4H3/t41-,45+,46?,47-/m1/s1. The third-order valence-corrected chi connectivity index (χ3v) is 11.2. The highest BCUT2D eigenvalue weighted by Crippen LogP contribution is 2.28. The van der Waals surface area contributed by atoms with Crippen molar-refractivity contribution in [2.24, 2.45) is 0 Å². The first-order chi connectivity index (χ1) is 27.3. The molecule has 1 fully saturated rings. The molecule has 9 nitrogen and oxygen atoms in total. The van der Waals surface area contributed by atoms with Gasteiger partial charge in [-0.1, -0.05) is 194 Å². The van der Waals surface area contributed by atoms with Gasteiger partial charge in [0.2, 0.25) is 0 Å². The number of esters is 3. The molecule has 1 heterocycles. The fourth-order valence-corrected chi connectivity index (χ4v) is 7.60. The monoisotopic (exact) mass is 796 g/mol. The van der Waals surface area contributed by atoms with Gasteiger partial charge in [-0.3, -0.25) is 14.4 Å². The van der Waals surface area contributed by atoms with E-state index in [-0.39, 0.29) is 31.8 Å². The minimum absolute atomic E-state index is 0.193. The molecule has 0 amide bonds. The first-order valence-electron chi connectivity index (χ1n) is 23.8. The van der Waals surface area contributed by atoms with Gasteiger partial charge in [0.05, 0.1) is 0 Å². The molecule has 1 aliphatic rings. The summed E-state index contributed by atoms with van der Waals surface area (Å²) >= 11 is 0. The molecule has 0 radical (unpaired) electrons. The first kappa shape index (κ1) is 52.3. The summed E-state index contributed by atoms with van der Waals surface area (Å²) in [6, 6.07) is 0. The van der Waals surface area contributed by atoms with Crippen LogP contribution in [0.15, 0.2) is 0 Å². The lowest BCUT2D eigenvalue weighted by Gasteiger charge is -2.23. The number of ether oxygens (including phenoxy) is 4. The van der Waals surface area contributed by atoms with Crippen LogP contribution in [0.25, 0.3) is 0 Å². The van der Waals surface area contributed by atoms with Crippen molar-refractivity contribution in [2.45, 2.75) is 257 Å². The van der Waals surface area contributed by atoms with E-state index in [1.165, 1.54) is 154 Å². The highest BCUT2D eigenvalue weighted by molar-refractivity contribution is 5.71. The Bertz CT molecular complexity index is 930. The van der Waals surface area contributed by atoms with Gasteiger partial charge < -0.3 is 29.0 Å². The summed E-state index contributed by atoms with van der Waals surface area (Å²) in [6.45, 7) is 5.09. The Balaban J connectivity index is 2.37. The van der Waals surface area contributed by atoms with E-state index in [0.29, 0.717) is 19.3 Å². The fourth-order valence-electron chi connectivity index (χ4n) is 7.60. The molecule has 1 saturated heterocycles. The average Bonchev–Trinajstić information content (AvgIpc) is 3.45. The Hall–Kier alpha value is -1.71. The molecule has 0 aromatic rings. The van der Waals surface area contributed by atoms with E-state index in [1.54, 1.807) is 0 Å². The zero-order chi connectivity index (χ0) is 40.9. The van der Waals surface area contributed by atoms with E-state index in [1.807, 2.05) is 19.0 Å². The van der Waals surface area contributed by atoms with Crippen LogP contribution in [0.4, 0.5) is 0 Å². The zero-order valence-corrected chi connectivity index (χ0v) is 37.0. The van der Waals surface area contributed by atoms with E-state index in [4.69, 9.17) is 18.9 Å². The molecule has 0 aromatic heterocycles. The molecule has 330 valence electrons. The highest BCUT2D eigenvalue weighted by Gasteiger charge is 2.49. The van der Waals surface area contributed by atoms with Crippen molar-refractivity contribution < 1.29 is 38.4 Å². The lowest BCUT2D eigenvalue weighted by atomic mass is 10.0. The second-order valence-corrected chi connectivity index (χ2v) is 17.0. The van der Waals surface area contributed by atoms with Gasteiger partial charge in [0, 0.05) is 19.3 Å². The third kappa shape index (κ3) is 30.4. The molecular formula is C47H89NO8. The van der Waals surface area contributed by atoms with Gasteiger partial charge in [-0.2, -0.15) is 0 Å². The maximum atomic E-state index is 13.0. The molecule has 0 bridgehead atoms. The van der Waals surface area contributed by atoms with Crippen LogP contribution in [0, 0.1) is 0 Å². The van der Waals surface area contributed by atoms with Crippen molar-refractivity contribution in [1.82, 2.24) is 4.90 Å². The second-order valence-electron chi connectivity index (χ2n) is 17.0. The van der Waals surface area contributed by atoms with E-state index < -0.39 is 36.5 Å². The molecule has 1 rings (SSSR count). The number of aliphatic hydroxyl groups is 1. The predicted molar refractivity (Wildman–Crippen MR) is 228 cm³/mol. The zero-order valence-electron chi connectivity index (χ0n) is 37.0. The first-order valence-corrected chi connectivity index (χ1v) is 23.8. The molecular weight excluding hydrogens is 707 g/mol. The number of carbonyl (C=O) groups excluding carboxylic acids is 3. The molecule has 0 aromatic carbocycles. The van der Waals surface area contributed by atoms with Crippen molar-refractivity contribution in [3.05, 3.63) is 0 Å². The van der Waals surface area contributed by atoms with Gasteiger partial charge in [-0.25, -0.2) is 0 Å². The predicted octanol–water partition coefficient (Wildman–Crippen LogP) is 11.9. The van der Waals surface area contributed by atoms with E-state index in [2.05, 4.69) is 13.8 Å². The van der Waals surface area contributed by atoms with Crippen LogP contribution in [0.3, 0.4) is 0 Å². The Morgan fingerprint density at radius 2 is 0.786 bits per heavy atom. The van der Waals surface area contributed by atoms with E-state index in [9.17, 15) is 19.5 Å². The molecule has 9 heteroatoms. The Labute approximate surface area is 344 Å². The van der Waals surface area contributed by atoms with Crippen LogP contribution in [-0.4, -0.2) is 79.8 Å².